The van der Waals surface area contributed by atoms with E-state index in [0.717, 1.165) is 0 Å². The molecule has 1 aromatic carbocycles. The summed E-state index contributed by atoms with van der Waals surface area (Å²) in [7, 11) is 0. The van der Waals surface area contributed by atoms with E-state index in [1.54, 1.807) is 38.1 Å². The minimum absolute atomic E-state index is 0.134. The fourth-order valence-corrected chi connectivity index (χ4v) is 2.81. The van der Waals surface area contributed by atoms with Crippen molar-refractivity contribution in [2.24, 2.45) is 0 Å². The number of nitrogens with zero attached hydrogens (tertiary/aromatic N) is 2. The number of hydrogen-bond donors (Lipinski definition) is 3. The smallest absolute Gasteiger partial charge is 0.341 e. The highest BCUT2D eigenvalue weighted by molar-refractivity contribution is 7.80. The van der Waals surface area contributed by atoms with Crippen LogP contribution in [0.2, 0.25) is 5.02 Å². The largest absolute Gasteiger partial charge is 0.481 e. The Balaban J connectivity index is 2.11. The van der Waals surface area contributed by atoms with Crippen molar-refractivity contribution in [2.75, 3.05) is 11.9 Å². The van der Waals surface area contributed by atoms with Gasteiger partial charge in [0, 0.05) is 11.2 Å². The van der Waals surface area contributed by atoms with Gasteiger partial charge in [-0.15, -0.1) is 0 Å². The highest BCUT2D eigenvalue weighted by Crippen LogP contribution is 2.21. The van der Waals surface area contributed by atoms with E-state index in [9.17, 15) is 14.7 Å². The number of aromatic nitrogens is 2. The topological polar surface area (TPSA) is 113 Å². The average molecular weight is 423 g/mol. The van der Waals surface area contributed by atoms with E-state index in [-0.39, 0.29) is 29.7 Å². The van der Waals surface area contributed by atoms with E-state index >= 15 is 0 Å². The first-order valence-corrected chi connectivity index (χ1v) is 9.14. The number of carbonyl (C=O) groups excluding carboxylic acids is 1. The van der Waals surface area contributed by atoms with E-state index in [4.69, 9.17) is 28.6 Å². The molecular formula is C18H19ClN4O4S. The molecule has 1 atom stereocenters. The molecule has 0 aliphatic heterocycles. The maximum atomic E-state index is 11.8. The fraction of sp³-hybridized carbons (Fsp3) is 0.278. The summed E-state index contributed by atoms with van der Waals surface area (Å²) in [6, 6.07) is 6.24. The summed E-state index contributed by atoms with van der Waals surface area (Å²) in [5.74, 6) is -1.33. The third kappa shape index (κ3) is 6.14. The van der Waals surface area contributed by atoms with Gasteiger partial charge in [0.15, 0.2) is 5.11 Å². The lowest BCUT2D eigenvalue weighted by molar-refractivity contribution is -0.137. The van der Waals surface area contributed by atoms with Crippen LogP contribution in [0.4, 0.5) is 5.95 Å². The van der Waals surface area contributed by atoms with Gasteiger partial charge in [-0.3, -0.25) is 4.79 Å². The first-order valence-electron chi connectivity index (χ1n) is 8.35. The van der Waals surface area contributed by atoms with Gasteiger partial charge >= 0.3 is 11.9 Å². The lowest BCUT2D eigenvalue weighted by atomic mass is 10.0. The van der Waals surface area contributed by atoms with Crippen molar-refractivity contribution >= 4 is 46.8 Å². The first-order chi connectivity index (χ1) is 13.3. The summed E-state index contributed by atoms with van der Waals surface area (Å²) >= 11 is 11.2. The third-order valence-corrected chi connectivity index (χ3v) is 4.09. The second-order valence-corrected chi connectivity index (χ2v) is 6.56. The zero-order valence-electron chi connectivity index (χ0n) is 15.2. The first kappa shape index (κ1) is 21.5. The molecule has 1 aromatic heterocycles. The lowest BCUT2D eigenvalue weighted by Crippen LogP contribution is -2.34. The van der Waals surface area contributed by atoms with Crippen molar-refractivity contribution in [2.45, 2.75) is 26.3 Å². The molecule has 3 N–H and O–H groups in total. The molecule has 2 rings (SSSR count). The number of ether oxygens (including phenoxy) is 1. The molecule has 0 bridgehead atoms. The molecule has 0 aliphatic rings. The standard InChI is InChI=1S/C18H19ClN4O4S/c1-3-27-16(26)13-9-20-17(21-10(13)2)23-18(28)22-14(8-15(24)25)11-5-4-6-12(19)7-11/h4-7,9,14H,3,8H2,1-2H3,(H,24,25)(H2,20,21,22,23,28)/t14-/m1/s1. The zero-order valence-corrected chi connectivity index (χ0v) is 16.8. The number of nitrogens with one attached hydrogen (secondary N) is 2. The molecule has 0 saturated carbocycles. The van der Waals surface area contributed by atoms with Gasteiger partial charge in [0.1, 0.15) is 0 Å². The molecule has 0 amide bonds. The Labute approximate surface area is 172 Å². The van der Waals surface area contributed by atoms with Gasteiger partial charge in [-0.2, -0.15) is 0 Å². The van der Waals surface area contributed by atoms with Gasteiger partial charge < -0.3 is 20.5 Å². The molecule has 28 heavy (non-hydrogen) atoms. The lowest BCUT2D eigenvalue weighted by Gasteiger charge is -2.20. The van der Waals surface area contributed by atoms with Gasteiger partial charge in [-0.1, -0.05) is 23.7 Å². The Hall–Kier alpha value is -2.78. The van der Waals surface area contributed by atoms with Crippen LogP contribution in [-0.2, 0) is 9.53 Å². The normalized spacial score (nSPS) is 11.4. The van der Waals surface area contributed by atoms with E-state index in [1.807, 2.05) is 0 Å². The summed E-state index contributed by atoms with van der Waals surface area (Å²) in [4.78, 5) is 31.2. The molecule has 0 saturated heterocycles. The Kier molecular flexibility index (Phi) is 7.65. The predicted octanol–water partition coefficient (Wildman–Crippen LogP) is 3.12. The second-order valence-electron chi connectivity index (χ2n) is 5.72. The summed E-state index contributed by atoms with van der Waals surface area (Å²) in [6.45, 7) is 3.61. The van der Waals surface area contributed by atoms with Crippen molar-refractivity contribution in [1.82, 2.24) is 15.3 Å². The van der Waals surface area contributed by atoms with Crippen LogP contribution in [0.1, 0.15) is 41.0 Å². The number of thiocarbonyl (C=S) groups is 1. The maximum Gasteiger partial charge on any atom is 0.341 e. The number of carbonyl (C=O) groups is 2. The van der Waals surface area contributed by atoms with Crippen LogP contribution < -0.4 is 10.6 Å². The number of halogens is 1. The molecule has 10 heteroatoms. The average Bonchev–Trinajstić information content (AvgIpc) is 2.61. The molecular weight excluding hydrogens is 404 g/mol. The molecule has 8 nitrogen and oxygen atoms in total. The molecule has 0 fully saturated rings. The summed E-state index contributed by atoms with van der Waals surface area (Å²) < 4.78 is 4.93. The number of aliphatic carboxylic acids is 1. The van der Waals surface area contributed by atoms with E-state index in [0.29, 0.717) is 16.3 Å². The minimum Gasteiger partial charge on any atom is -0.481 e. The van der Waals surface area contributed by atoms with Crippen molar-refractivity contribution in [1.29, 1.82) is 0 Å². The quantitative estimate of drug-likeness (QED) is 0.457. The molecule has 0 spiro atoms. The van der Waals surface area contributed by atoms with Crippen molar-refractivity contribution in [3.63, 3.8) is 0 Å². The van der Waals surface area contributed by atoms with Crippen LogP contribution in [0.15, 0.2) is 30.5 Å². The number of carboxylic acid groups (broad SMARTS) is 1. The predicted molar refractivity (Wildman–Crippen MR) is 109 cm³/mol. The van der Waals surface area contributed by atoms with Crippen molar-refractivity contribution in [3.05, 3.63) is 52.3 Å². The summed E-state index contributed by atoms with van der Waals surface area (Å²) in [6.07, 6.45) is 1.14. The van der Waals surface area contributed by atoms with E-state index in [1.165, 1.54) is 6.20 Å². The SMILES string of the molecule is CCOC(=O)c1cnc(NC(=S)N[C@H](CC(=O)O)c2cccc(Cl)c2)nc1C. The van der Waals surface area contributed by atoms with Crippen LogP contribution >= 0.6 is 23.8 Å². The molecule has 148 valence electrons. The number of benzene rings is 1. The van der Waals surface area contributed by atoms with Crippen LogP contribution in [0.3, 0.4) is 0 Å². The fourth-order valence-electron chi connectivity index (χ4n) is 2.38. The van der Waals surface area contributed by atoms with Crippen molar-refractivity contribution in [3.8, 4) is 0 Å². The Bertz CT molecular complexity index is 894. The molecule has 0 unspecified atom stereocenters. The van der Waals surface area contributed by atoms with Crippen LogP contribution in [0.5, 0.6) is 0 Å². The summed E-state index contributed by atoms with van der Waals surface area (Å²) in [5.41, 5.74) is 1.36. The molecule has 0 radical (unpaired) electrons. The number of hydrogen-bond acceptors (Lipinski definition) is 6. The maximum absolute atomic E-state index is 11.8. The molecule has 0 aliphatic carbocycles. The monoisotopic (exact) mass is 422 g/mol. The Morgan fingerprint density at radius 2 is 2.14 bits per heavy atom. The summed E-state index contributed by atoms with van der Waals surface area (Å²) in [5, 5.41) is 15.5. The minimum atomic E-state index is -0.994. The number of carboxylic acids is 1. The van der Waals surface area contributed by atoms with Gasteiger partial charge in [-0.25, -0.2) is 14.8 Å². The van der Waals surface area contributed by atoms with Crippen LogP contribution in [-0.4, -0.2) is 38.7 Å². The highest BCUT2D eigenvalue weighted by Gasteiger charge is 2.18. The van der Waals surface area contributed by atoms with Crippen molar-refractivity contribution < 1.29 is 19.4 Å². The van der Waals surface area contributed by atoms with Gasteiger partial charge in [-0.05, 0) is 43.8 Å². The second kappa shape index (κ2) is 9.95. The number of anilines is 1. The Morgan fingerprint density at radius 1 is 1.39 bits per heavy atom. The number of aryl methyl sites for hydroxylation is 1. The number of rotatable bonds is 7. The van der Waals surface area contributed by atoms with Gasteiger partial charge in [0.05, 0.1) is 30.3 Å². The van der Waals surface area contributed by atoms with Gasteiger partial charge in [0.2, 0.25) is 5.95 Å². The Morgan fingerprint density at radius 3 is 2.75 bits per heavy atom. The number of esters is 1. The highest BCUT2D eigenvalue weighted by atomic mass is 35.5. The van der Waals surface area contributed by atoms with Crippen LogP contribution in [0, 0.1) is 6.92 Å². The van der Waals surface area contributed by atoms with E-state index < -0.39 is 18.0 Å². The molecule has 2 aromatic rings. The third-order valence-electron chi connectivity index (χ3n) is 3.64. The van der Waals surface area contributed by atoms with Crippen LogP contribution in [0.25, 0.3) is 0 Å². The van der Waals surface area contributed by atoms with E-state index in [2.05, 4.69) is 20.6 Å². The van der Waals surface area contributed by atoms with Gasteiger partial charge in [0.25, 0.3) is 0 Å². The molecule has 1 heterocycles. The zero-order chi connectivity index (χ0) is 20.7.